The first-order valence-electron chi connectivity index (χ1n) is 12.8. The Morgan fingerprint density at radius 2 is 1.52 bits per heavy atom. The normalized spacial score (nSPS) is 18.9. The van der Waals surface area contributed by atoms with Crippen LogP contribution in [-0.4, -0.2) is 9.97 Å². The van der Waals surface area contributed by atoms with E-state index in [0.717, 1.165) is 36.3 Å². The van der Waals surface area contributed by atoms with Gasteiger partial charge < -0.3 is 0 Å². The molecule has 0 spiro atoms. The molecule has 1 aliphatic carbocycles. The number of unbranched alkanes of at least 4 members (excludes halogenated alkanes) is 6. The van der Waals surface area contributed by atoms with E-state index in [0.29, 0.717) is 11.7 Å². The Balaban J connectivity index is 1.46. The molecular formula is C28H41FN2. The topological polar surface area (TPSA) is 25.8 Å². The zero-order chi connectivity index (χ0) is 21.9. The SMILES string of the molecule is CCCCCCCC[C@H]1CC[C@H](c2cnc(-c3ccc(CCCC)c(F)c3)nc2)CC1. The second kappa shape index (κ2) is 12.9. The van der Waals surface area contributed by atoms with Crippen molar-refractivity contribution in [1.82, 2.24) is 9.97 Å². The lowest BCUT2D eigenvalue weighted by Crippen LogP contribution is -2.14. The molecule has 0 unspecified atom stereocenters. The van der Waals surface area contributed by atoms with Gasteiger partial charge in [-0.05, 0) is 67.6 Å². The number of hydrogen-bond donors (Lipinski definition) is 0. The zero-order valence-electron chi connectivity index (χ0n) is 19.7. The monoisotopic (exact) mass is 424 g/mol. The lowest BCUT2D eigenvalue weighted by Gasteiger charge is -2.28. The molecule has 1 aliphatic rings. The summed E-state index contributed by atoms with van der Waals surface area (Å²) in [5.74, 6) is 1.99. The Bertz CT molecular complexity index is 763. The molecule has 2 nitrogen and oxygen atoms in total. The highest BCUT2D eigenvalue weighted by molar-refractivity contribution is 5.55. The van der Waals surface area contributed by atoms with Gasteiger partial charge in [-0.3, -0.25) is 0 Å². The van der Waals surface area contributed by atoms with E-state index < -0.39 is 0 Å². The molecule has 170 valence electrons. The number of rotatable bonds is 12. The summed E-state index contributed by atoms with van der Waals surface area (Å²) in [5, 5.41) is 0. The standard InChI is InChI=1S/C28H41FN2/c1-3-5-7-8-9-10-11-22-13-15-23(16-14-22)26-20-30-28(31-21-26)25-18-17-24(12-6-4-2)27(29)19-25/h17-23H,3-16H2,1-2H3/t22-,23-. The van der Waals surface area contributed by atoms with Gasteiger partial charge in [0.05, 0.1) is 0 Å². The van der Waals surface area contributed by atoms with Crippen LogP contribution in [0.15, 0.2) is 30.6 Å². The second-order valence-corrected chi connectivity index (χ2v) is 9.52. The summed E-state index contributed by atoms with van der Waals surface area (Å²) in [5.41, 5.74) is 2.81. The summed E-state index contributed by atoms with van der Waals surface area (Å²) in [7, 11) is 0. The van der Waals surface area contributed by atoms with Gasteiger partial charge in [-0.15, -0.1) is 0 Å². The van der Waals surface area contributed by atoms with Gasteiger partial charge in [-0.25, -0.2) is 14.4 Å². The predicted octanol–water partition coefficient (Wildman–Crippen LogP) is 8.65. The number of benzene rings is 1. The lowest BCUT2D eigenvalue weighted by molar-refractivity contribution is 0.301. The Kier molecular flexibility index (Phi) is 9.96. The summed E-state index contributed by atoms with van der Waals surface area (Å²) in [6.45, 7) is 4.41. The van der Waals surface area contributed by atoms with Crippen molar-refractivity contribution in [3.63, 3.8) is 0 Å². The molecule has 2 aromatic rings. The highest BCUT2D eigenvalue weighted by Gasteiger charge is 2.22. The maximum absolute atomic E-state index is 14.4. The van der Waals surface area contributed by atoms with Gasteiger partial charge in [0.2, 0.25) is 0 Å². The van der Waals surface area contributed by atoms with E-state index in [1.54, 1.807) is 6.07 Å². The van der Waals surface area contributed by atoms with E-state index in [4.69, 9.17) is 0 Å². The van der Waals surface area contributed by atoms with E-state index >= 15 is 0 Å². The lowest BCUT2D eigenvalue weighted by atomic mass is 9.77. The molecule has 0 aliphatic heterocycles. The molecule has 3 rings (SSSR count). The molecule has 0 amide bonds. The number of halogens is 1. The van der Waals surface area contributed by atoms with Gasteiger partial charge in [0.15, 0.2) is 5.82 Å². The minimum Gasteiger partial charge on any atom is -0.236 e. The predicted molar refractivity (Wildman–Crippen MR) is 129 cm³/mol. The Morgan fingerprint density at radius 3 is 2.19 bits per heavy atom. The van der Waals surface area contributed by atoms with Crippen molar-refractivity contribution < 1.29 is 4.39 Å². The number of aromatic nitrogens is 2. The van der Waals surface area contributed by atoms with E-state index in [-0.39, 0.29) is 5.82 Å². The van der Waals surface area contributed by atoms with Crippen molar-refractivity contribution in [2.45, 2.75) is 110 Å². The number of aryl methyl sites for hydroxylation is 1. The van der Waals surface area contributed by atoms with Crippen LogP contribution in [0.1, 0.15) is 114 Å². The minimum absolute atomic E-state index is 0.137. The van der Waals surface area contributed by atoms with Crippen LogP contribution >= 0.6 is 0 Å². The molecule has 0 atom stereocenters. The fraction of sp³-hybridized carbons (Fsp3) is 0.643. The Hall–Kier alpha value is -1.77. The van der Waals surface area contributed by atoms with Crippen LogP contribution in [0.25, 0.3) is 11.4 Å². The fourth-order valence-corrected chi connectivity index (χ4v) is 4.95. The molecular weight excluding hydrogens is 383 g/mol. The van der Waals surface area contributed by atoms with Gasteiger partial charge in [-0.2, -0.15) is 0 Å². The van der Waals surface area contributed by atoms with E-state index in [2.05, 4.69) is 23.8 Å². The third kappa shape index (κ3) is 7.40. The van der Waals surface area contributed by atoms with Gasteiger partial charge in [-0.1, -0.05) is 77.3 Å². The van der Waals surface area contributed by atoms with Crippen LogP contribution in [0.4, 0.5) is 4.39 Å². The first kappa shape index (κ1) is 23.9. The molecule has 1 aromatic heterocycles. The van der Waals surface area contributed by atoms with Crippen molar-refractivity contribution in [3.05, 3.63) is 47.5 Å². The smallest absolute Gasteiger partial charge is 0.159 e. The maximum atomic E-state index is 14.4. The summed E-state index contributed by atoms with van der Waals surface area (Å²) < 4.78 is 14.4. The molecule has 1 aromatic carbocycles. The van der Waals surface area contributed by atoms with Gasteiger partial charge in [0, 0.05) is 18.0 Å². The summed E-state index contributed by atoms with van der Waals surface area (Å²) in [4.78, 5) is 9.17. The molecule has 0 radical (unpaired) electrons. The van der Waals surface area contributed by atoms with Crippen molar-refractivity contribution in [1.29, 1.82) is 0 Å². The highest BCUT2D eigenvalue weighted by Crippen LogP contribution is 2.37. The molecule has 1 saturated carbocycles. The third-order valence-electron chi connectivity index (χ3n) is 7.07. The summed E-state index contributed by atoms with van der Waals surface area (Å²) in [6, 6.07) is 5.44. The quantitative estimate of drug-likeness (QED) is 0.319. The molecule has 0 bridgehead atoms. The van der Waals surface area contributed by atoms with E-state index in [1.165, 1.54) is 76.2 Å². The van der Waals surface area contributed by atoms with Crippen molar-refractivity contribution in [2.75, 3.05) is 0 Å². The van der Waals surface area contributed by atoms with Crippen LogP contribution in [0.5, 0.6) is 0 Å². The van der Waals surface area contributed by atoms with Crippen molar-refractivity contribution in [3.8, 4) is 11.4 Å². The average molecular weight is 425 g/mol. The minimum atomic E-state index is -0.137. The molecule has 1 fully saturated rings. The van der Waals surface area contributed by atoms with Crippen molar-refractivity contribution in [2.24, 2.45) is 5.92 Å². The van der Waals surface area contributed by atoms with Crippen LogP contribution in [0.2, 0.25) is 0 Å². The van der Waals surface area contributed by atoms with E-state index in [1.807, 2.05) is 24.5 Å². The van der Waals surface area contributed by atoms with Crippen molar-refractivity contribution >= 4 is 0 Å². The largest absolute Gasteiger partial charge is 0.236 e. The van der Waals surface area contributed by atoms with Crippen LogP contribution < -0.4 is 0 Å². The van der Waals surface area contributed by atoms with Crippen LogP contribution in [0.3, 0.4) is 0 Å². The number of nitrogens with zero attached hydrogens (tertiary/aromatic N) is 2. The summed E-state index contributed by atoms with van der Waals surface area (Å²) >= 11 is 0. The Labute approximate surface area is 189 Å². The molecule has 31 heavy (non-hydrogen) atoms. The third-order valence-corrected chi connectivity index (χ3v) is 7.07. The first-order valence-corrected chi connectivity index (χ1v) is 12.8. The summed E-state index contributed by atoms with van der Waals surface area (Å²) in [6.07, 6.45) is 21.8. The zero-order valence-corrected chi connectivity index (χ0v) is 19.7. The van der Waals surface area contributed by atoms with Crippen LogP contribution in [0, 0.1) is 11.7 Å². The van der Waals surface area contributed by atoms with Gasteiger partial charge in [0.25, 0.3) is 0 Å². The maximum Gasteiger partial charge on any atom is 0.159 e. The Morgan fingerprint density at radius 1 is 0.839 bits per heavy atom. The molecule has 0 saturated heterocycles. The van der Waals surface area contributed by atoms with Crippen LogP contribution in [-0.2, 0) is 6.42 Å². The fourth-order valence-electron chi connectivity index (χ4n) is 4.95. The highest BCUT2D eigenvalue weighted by atomic mass is 19.1. The van der Waals surface area contributed by atoms with Gasteiger partial charge in [0.1, 0.15) is 5.82 Å². The molecule has 0 N–H and O–H groups in total. The van der Waals surface area contributed by atoms with Gasteiger partial charge >= 0.3 is 0 Å². The first-order chi connectivity index (χ1) is 15.2. The molecule has 1 heterocycles. The van der Waals surface area contributed by atoms with E-state index in [9.17, 15) is 4.39 Å². The number of hydrogen-bond acceptors (Lipinski definition) is 2. The molecule has 3 heteroatoms. The average Bonchev–Trinajstić information content (AvgIpc) is 2.81. The second-order valence-electron chi connectivity index (χ2n) is 9.52.